The lowest BCUT2D eigenvalue weighted by Crippen LogP contribution is -2.41. The number of nitrogens with two attached hydrogens (primary N) is 1. The second-order valence-corrected chi connectivity index (χ2v) is 8.62. The smallest absolute Gasteiger partial charge is 0.266 e. The molecule has 0 saturated heterocycles. The Morgan fingerprint density at radius 2 is 1.73 bits per heavy atom. The van der Waals surface area contributed by atoms with Gasteiger partial charge in [0, 0.05) is 7.05 Å². The van der Waals surface area contributed by atoms with Crippen LogP contribution in [0.25, 0.3) is 11.1 Å². The zero-order valence-electron chi connectivity index (χ0n) is 18.3. The van der Waals surface area contributed by atoms with Gasteiger partial charge in [-0.15, -0.1) is 0 Å². The third-order valence-corrected chi connectivity index (χ3v) is 6.71. The predicted octanol–water partition coefficient (Wildman–Crippen LogP) is 4.27. The second-order valence-electron chi connectivity index (χ2n) is 8.62. The fourth-order valence-corrected chi connectivity index (χ4v) is 4.86. The fourth-order valence-electron chi connectivity index (χ4n) is 4.86. The number of aryl methyl sites for hydroxylation is 2. The van der Waals surface area contributed by atoms with Gasteiger partial charge in [0.15, 0.2) is 11.5 Å². The minimum atomic E-state index is -1.29. The van der Waals surface area contributed by atoms with E-state index in [0.717, 1.165) is 30.4 Å². The number of nitriles is 1. The van der Waals surface area contributed by atoms with E-state index in [9.17, 15) is 14.4 Å². The van der Waals surface area contributed by atoms with Crippen LogP contribution < -0.4 is 5.73 Å². The van der Waals surface area contributed by atoms with Gasteiger partial charge in [-0.05, 0) is 77.3 Å². The van der Waals surface area contributed by atoms with Crippen LogP contribution in [0.15, 0.2) is 65.7 Å². The van der Waals surface area contributed by atoms with E-state index in [-0.39, 0.29) is 17.4 Å². The second kappa shape index (κ2) is 7.86. The average molecular weight is 439 g/mol. The molecule has 1 unspecified atom stereocenters. The Kier molecular flexibility index (Phi) is 4.98. The third-order valence-electron chi connectivity index (χ3n) is 6.71. The first-order valence-electron chi connectivity index (χ1n) is 11.0. The van der Waals surface area contributed by atoms with Crippen molar-refractivity contribution < 1.29 is 9.18 Å². The topological polar surface area (TPSA) is 82.5 Å². The molecule has 164 valence electrons. The highest BCUT2D eigenvalue weighted by Crippen LogP contribution is 2.41. The molecule has 2 aliphatic rings. The lowest BCUT2D eigenvalue weighted by atomic mass is 9.79. The lowest BCUT2D eigenvalue weighted by molar-refractivity contribution is -0.129. The van der Waals surface area contributed by atoms with Gasteiger partial charge < -0.3 is 5.73 Å². The van der Waals surface area contributed by atoms with Gasteiger partial charge in [-0.1, -0.05) is 42.5 Å². The van der Waals surface area contributed by atoms with E-state index in [0.29, 0.717) is 11.1 Å². The Balaban J connectivity index is 1.69. The largest absolute Gasteiger partial charge is 0.369 e. The SMILES string of the molecule is CN1C(=O)C(c2cccc(-c3ccc(F)c(C#N)c3)c2)(c2ccc3c(c2)CCCC3)N=C1N. The van der Waals surface area contributed by atoms with Crippen LogP contribution in [-0.2, 0) is 23.2 Å². The number of hydrogen-bond donors (Lipinski definition) is 1. The van der Waals surface area contributed by atoms with Gasteiger partial charge in [0.1, 0.15) is 11.9 Å². The first-order chi connectivity index (χ1) is 15.9. The zero-order valence-corrected chi connectivity index (χ0v) is 18.3. The van der Waals surface area contributed by atoms with Gasteiger partial charge in [0.2, 0.25) is 0 Å². The quantitative estimate of drug-likeness (QED) is 0.663. The molecule has 0 fully saturated rings. The van der Waals surface area contributed by atoms with Crippen molar-refractivity contribution >= 4 is 11.9 Å². The molecule has 0 aromatic heterocycles. The summed E-state index contributed by atoms with van der Waals surface area (Å²) in [6, 6.07) is 19.9. The number of carbonyl (C=O) groups is 1. The number of likely N-dealkylation sites (N-methyl/N-ethyl adjacent to an activating group) is 1. The van der Waals surface area contributed by atoms with Gasteiger partial charge in [0.25, 0.3) is 5.91 Å². The van der Waals surface area contributed by atoms with Crippen LogP contribution in [0.2, 0.25) is 0 Å². The van der Waals surface area contributed by atoms with Crippen LogP contribution >= 0.6 is 0 Å². The van der Waals surface area contributed by atoms with Crippen molar-refractivity contribution in [1.82, 2.24) is 4.90 Å². The Labute approximate surface area is 192 Å². The summed E-state index contributed by atoms with van der Waals surface area (Å²) in [5.41, 5.74) is 10.3. The number of fused-ring (bicyclic) bond motifs is 1. The molecule has 5 rings (SSSR count). The van der Waals surface area contributed by atoms with E-state index in [1.807, 2.05) is 36.4 Å². The van der Waals surface area contributed by atoms with Crippen molar-refractivity contribution in [2.45, 2.75) is 31.2 Å². The lowest BCUT2D eigenvalue weighted by Gasteiger charge is -2.28. The highest BCUT2D eigenvalue weighted by molar-refractivity contribution is 6.09. The van der Waals surface area contributed by atoms with Crippen molar-refractivity contribution in [1.29, 1.82) is 5.26 Å². The minimum Gasteiger partial charge on any atom is -0.369 e. The van der Waals surface area contributed by atoms with E-state index in [4.69, 9.17) is 10.7 Å². The molecule has 5 nitrogen and oxygen atoms in total. The molecule has 1 aliphatic heterocycles. The maximum Gasteiger partial charge on any atom is 0.266 e. The summed E-state index contributed by atoms with van der Waals surface area (Å²) in [7, 11) is 1.63. The van der Waals surface area contributed by atoms with Crippen LogP contribution in [0.1, 0.15) is 40.7 Å². The Bertz CT molecular complexity index is 1360. The van der Waals surface area contributed by atoms with Crippen molar-refractivity contribution in [2.24, 2.45) is 10.7 Å². The van der Waals surface area contributed by atoms with E-state index in [1.165, 1.54) is 34.6 Å². The van der Waals surface area contributed by atoms with Gasteiger partial charge in [-0.2, -0.15) is 5.26 Å². The summed E-state index contributed by atoms with van der Waals surface area (Å²) < 4.78 is 13.9. The number of halogens is 1. The first-order valence-corrected chi connectivity index (χ1v) is 11.0. The maximum absolute atomic E-state index is 13.9. The fraction of sp³-hybridized carbons (Fsp3) is 0.222. The number of amides is 1. The third kappa shape index (κ3) is 3.28. The first kappa shape index (κ1) is 20.9. The van der Waals surface area contributed by atoms with E-state index < -0.39 is 11.4 Å². The maximum atomic E-state index is 13.9. The number of guanidine groups is 1. The molecule has 3 aromatic rings. The van der Waals surface area contributed by atoms with Gasteiger partial charge in [0.05, 0.1) is 5.56 Å². The number of aliphatic imine (C=N–C) groups is 1. The molecule has 2 N–H and O–H groups in total. The normalized spacial score (nSPS) is 19.7. The summed E-state index contributed by atoms with van der Waals surface area (Å²) in [6.45, 7) is 0. The predicted molar refractivity (Wildman–Crippen MR) is 125 cm³/mol. The van der Waals surface area contributed by atoms with Crippen LogP contribution in [0.3, 0.4) is 0 Å². The molecule has 0 saturated carbocycles. The average Bonchev–Trinajstić information content (AvgIpc) is 3.09. The van der Waals surface area contributed by atoms with Gasteiger partial charge in [-0.25, -0.2) is 9.38 Å². The molecule has 0 bridgehead atoms. The highest BCUT2D eigenvalue weighted by atomic mass is 19.1. The summed E-state index contributed by atoms with van der Waals surface area (Å²) in [5.74, 6) is -0.616. The summed E-state index contributed by atoms with van der Waals surface area (Å²) >= 11 is 0. The molecule has 3 aromatic carbocycles. The van der Waals surface area contributed by atoms with E-state index in [1.54, 1.807) is 13.1 Å². The number of rotatable bonds is 3. The van der Waals surface area contributed by atoms with Crippen LogP contribution in [-0.4, -0.2) is 23.8 Å². The van der Waals surface area contributed by atoms with Crippen LogP contribution in [0.5, 0.6) is 0 Å². The molecule has 1 atom stereocenters. The molecule has 1 amide bonds. The summed E-state index contributed by atoms with van der Waals surface area (Å²) in [5, 5.41) is 9.22. The molecule has 6 heteroatoms. The zero-order chi connectivity index (χ0) is 23.2. The number of benzene rings is 3. The van der Waals surface area contributed by atoms with Crippen molar-refractivity contribution in [2.75, 3.05) is 7.05 Å². The molecule has 0 radical (unpaired) electrons. The van der Waals surface area contributed by atoms with Gasteiger partial charge >= 0.3 is 0 Å². The van der Waals surface area contributed by atoms with Crippen molar-refractivity contribution in [3.05, 3.63) is 94.3 Å². The Morgan fingerprint density at radius 3 is 2.45 bits per heavy atom. The Morgan fingerprint density at radius 1 is 1.00 bits per heavy atom. The standard InChI is InChI=1S/C27H23FN4O/c1-32-25(33)27(31-26(32)30,23-11-9-17-5-2-3-6-18(17)14-23)22-8-4-7-19(15-22)20-10-12-24(28)21(13-20)16-29/h4,7-15H,2-3,5-6H2,1H3,(H2,30,31). The molecule has 33 heavy (non-hydrogen) atoms. The molecular weight excluding hydrogens is 415 g/mol. The minimum absolute atomic E-state index is 0.0266. The summed E-state index contributed by atoms with van der Waals surface area (Å²) in [4.78, 5) is 19.7. The van der Waals surface area contributed by atoms with E-state index >= 15 is 0 Å². The number of carbonyl (C=O) groups excluding carboxylic acids is 1. The van der Waals surface area contributed by atoms with Crippen molar-refractivity contribution in [3.63, 3.8) is 0 Å². The highest BCUT2D eigenvalue weighted by Gasteiger charge is 2.49. The molecule has 0 spiro atoms. The number of hydrogen-bond acceptors (Lipinski definition) is 4. The molecule has 1 aliphatic carbocycles. The van der Waals surface area contributed by atoms with Crippen molar-refractivity contribution in [3.8, 4) is 17.2 Å². The van der Waals surface area contributed by atoms with E-state index in [2.05, 4.69) is 12.1 Å². The van der Waals surface area contributed by atoms with Crippen LogP contribution in [0.4, 0.5) is 4.39 Å². The monoisotopic (exact) mass is 438 g/mol. The molecule has 1 heterocycles. The van der Waals surface area contributed by atoms with Gasteiger partial charge in [-0.3, -0.25) is 9.69 Å². The molecular formula is C27H23FN4O. The summed E-state index contributed by atoms with van der Waals surface area (Å²) in [6.07, 6.45) is 4.33. The Hall–Kier alpha value is -3.98. The van der Waals surface area contributed by atoms with Crippen LogP contribution in [0, 0.1) is 17.1 Å². The number of nitrogens with zero attached hydrogens (tertiary/aromatic N) is 3.